The van der Waals surface area contributed by atoms with E-state index in [1.54, 1.807) is 11.3 Å². The lowest BCUT2D eigenvalue weighted by Crippen LogP contribution is -2.34. The van der Waals surface area contributed by atoms with Crippen molar-refractivity contribution in [2.24, 2.45) is 0 Å². The van der Waals surface area contributed by atoms with Gasteiger partial charge in [-0.25, -0.2) is 9.78 Å². The van der Waals surface area contributed by atoms with E-state index in [9.17, 15) is 4.79 Å². The van der Waals surface area contributed by atoms with Crippen LogP contribution in [0.3, 0.4) is 0 Å². The predicted octanol–water partition coefficient (Wildman–Crippen LogP) is 4.73. The zero-order chi connectivity index (χ0) is 14.9. The van der Waals surface area contributed by atoms with Gasteiger partial charge in [0.15, 0.2) is 5.13 Å². The highest BCUT2D eigenvalue weighted by Crippen LogP contribution is 2.35. The van der Waals surface area contributed by atoms with Crippen molar-refractivity contribution in [2.45, 2.75) is 18.9 Å². The molecule has 0 spiro atoms. The average Bonchev–Trinajstić information content (AvgIpc) is 3.25. The number of anilines is 1. The van der Waals surface area contributed by atoms with Crippen LogP contribution < -0.4 is 5.32 Å². The Hall–Kier alpha value is -1.92. The summed E-state index contributed by atoms with van der Waals surface area (Å²) in [4.78, 5) is 20.2. The maximum absolute atomic E-state index is 12.6. The fourth-order valence-corrected chi connectivity index (χ4v) is 4.60. The van der Waals surface area contributed by atoms with E-state index in [-0.39, 0.29) is 12.1 Å². The molecule has 0 saturated carbocycles. The maximum Gasteiger partial charge on any atom is 0.324 e. The van der Waals surface area contributed by atoms with Gasteiger partial charge in [-0.15, -0.1) is 11.3 Å². The lowest BCUT2D eigenvalue weighted by Gasteiger charge is -2.23. The molecule has 1 atom stereocenters. The molecule has 0 unspecified atom stereocenters. The molecule has 0 radical (unpaired) electrons. The van der Waals surface area contributed by atoms with Crippen LogP contribution in [0.25, 0.3) is 10.2 Å². The van der Waals surface area contributed by atoms with Crippen molar-refractivity contribution in [1.82, 2.24) is 9.88 Å². The molecule has 1 aliphatic heterocycles. The maximum atomic E-state index is 12.6. The van der Waals surface area contributed by atoms with Gasteiger partial charge in [0.2, 0.25) is 0 Å². The topological polar surface area (TPSA) is 45.2 Å². The Morgan fingerprint density at radius 2 is 2.18 bits per heavy atom. The Morgan fingerprint density at radius 3 is 3.00 bits per heavy atom. The van der Waals surface area contributed by atoms with E-state index in [2.05, 4.69) is 21.7 Å². The fraction of sp³-hybridized carbons (Fsp3) is 0.250. The van der Waals surface area contributed by atoms with Crippen LogP contribution in [-0.2, 0) is 0 Å². The van der Waals surface area contributed by atoms with Crippen molar-refractivity contribution in [1.29, 1.82) is 0 Å². The van der Waals surface area contributed by atoms with Crippen LogP contribution in [0.4, 0.5) is 9.93 Å². The second-order valence-corrected chi connectivity index (χ2v) is 7.29. The highest BCUT2D eigenvalue weighted by molar-refractivity contribution is 7.22. The number of benzene rings is 1. The highest BCUT2D eigenvalue weighted by Gasteiger charge is 2.30. The van der Waals surface area contributed by atoms with Gasteiger partial charge in [0.1, 0.15) is 0 Å². The number of rotatable bonds is 2. The Morgan fingerprint density at radius 1 is 1.27 bits per heavy atom. The molecule has 3 aromatic rings. The number of thiazole rings is 1. The molecule has 1 fully saturated rings. The van der Waals surface area contributed by atoms with E-state index in [1.807, 2.05) is 35.2 Å². The Kier molecular flexibility index (Phi) is 3.56. The van der Waals surface area contributed by atoms with Crippen LogP contribution in [0.1, 0.15) is 23.8 Å². The Labute approximate surface area is 136 Å². The molecule has 4 nitrogen and oxygen atoms in total. The number of para-hydroxylation sites is 1. The molecule has 112 valence electrons. The normalized spacial score (nSPS) is 18.0. The number of carbonyl (C=O) groups excluding carboxylic acids is 1. The number of fused-ring (bicyclic) bond motifs is 1. The summed E-state index contributed by atoms with van der Waals surface area (Å²) < 4.78 is 1.09. The molecule has 1 aromatic carbocycles. The van der Waals surface area contributed by atoms with E-state index in [4.69, 9.17) is 0 Å². The van der Waals surface area contributed by atoms with Crippen LogP contribution in [0.15, 0.2) is 41.8 Å². The lowest BCUT2D eigenvalue weighted by molar-refractivity contribution is 0.208. The molecule has 1 N–H and O–H groups in total. The third-order valence-electron chi connectivity index (χ3n) is 3.89. The second-order valence-electron chi connectivity index (χ2n) is 5.28. The minimum absolute atomic E-state index is 0.0463. The molecule has 2 amide bonds. The molecule has 0 aliphatic carbocycles. The number of thiophene rings is 1. The van der Waals surface area contributed by atoms with Crippen molar-refractivity contribution in [3.63, 3.8) is 0 Å². The summed E-state index contributed by atoms with van der Waals surface area (Å²) >= 11 is 3.23. The number of urea groups is 1. The molecule has 1 aliphatic rings. The third-order valence-corrected chi connectivity index (χ3v) is 5.82. The second kappa shape index (κ2) is 5.70. The fourth-order valence-electron chi connectivity index (χ4n) is 2.88. The van der Waals surface area contributed by atoms with E-state index < -0.39 is 0 Å². The summed E-state index contributed by atoms with van der Waals surface area (Å²) in [6.45, 7) is 0.805. The number of aromatic nitrogens is 1. The van der Waals surface area contributed by atoms with Gasteiger partial charge in [0.25, 0.3) is 0 Å². The van der Waals surface area contributed by atoms with Crippen molar-refractivity contribution >= 4 is 44.1 Å². The summed E-state index contributed by atoms with van der Waals surface area (Å²) in [7, 11) is 0. The van der Waals surface area contributed by atoms with Crippen LogP contribution in [0.5, 0.6) is 0 Å². The van der Waals surface area contributed by atoms with Crippen LogP contribution in [0, 0.1) is 0 Å². The summed E-state index contributed by atoms with van der Waals surface area (Å²) in [5, 5.41) is 5.70. The van der Waals surface area contributed by atoms with Crippen LogP contribution >= 0.6 is 22.7 Å². The molecule has 1 saturated heterocycles. The van der Waals surface area contributed by atoms with E-state index in [0.717, 1.165) is 29.6 Å². The summed E-state index contributed by atoms with van der Waals surface area (Å²) in [6.07, 6.45) is 2.09. The number of carbonyl (C=O) groups is 1. The van der Waals surface area contributed by atoms with Crippen molar-refractivity contribution in [2.75, 3.05) is 11.9 Å². The van der Waals surface area contributed by atoms with Gasteiger partial charge in [-0.1, -0.05) is 29.5 Å². The predicted molar refractivity (Wildman–Crippen MR) is 91.6 cm³/mol. The smallest absolute Gasteiger partial charge is 0.317 e. The van der Waals surface area contributed by atoms with Gasteiger partial charge in [0.05, 0.1) is 16.3 Å². The number of hydrogen-bond acceptors (Lipinski definition) is 4. The van der Waals surface area contributed by atoms with Gasteiger partial charge >= 0.3 is 6.03 Å². The summed E-state index contributed by atoms with van der Waals surface area (Å²) in [5.74, 6) is 0. The number of nitrogens with zero attached hydrogens (tertiary/aromatic N) is 2. The molecular weight excluding hydrogens is 314 g/mol. The number of hydrogen-bond donors (Lipinski definition) is 1. The molecule has 6 heteroatoms. The van der Waals surface area contributed by atoms with Crippen LogP contribution in [-0.4, -0.2) is 22.5 Å². The van der Waals surface area contributed by atoms with E-state index in [1.165, 1.54) is 16.2 Å². The first-order valence-electron chi connectivity index (χ1n) is 7.28. The summed E-state index contributed by atoms with van der Waals surface area (Å²) in [5.41, 5.74) is 0.930. The van der Waals surface area contributed by atoms with Crippen molar-refractivity contribution in [3.8, 4) is 0 Å². The zero-order valence-electron chi connectivity index (χ0n) is 11.9. The number of likely N-dealkylation sites (tertiary alicyclic amines) is 1. The highest BCUT2D eigenvalue weighted by atomic mass is 32.1. The number of nitrogens with one attached hydrogen (secondary N) is 1. The largest absolute Gasteiger partial charge is 0.324 e. The molecule has 4 rings (SSSR count). The zero-order valence-corrected chi connectivity index (χ0v) is 13.5. The monoisotopic (exact) mass is 329 g/mol. The van der Waals surface area contributed by atoms with Gasteiger partial charge < -0.3 is 4.90 Å². The Balaban J connectivity index is 1.53. The van der Waals surface area contributed by atoms with Gasteiger partial charge in [0, 0.05) is 11.4 Å². The molecule has 2 aromatic heterocycles. The van der Waals surface area contributed by atoms with Crippen molar-refractivity contribution < 1.29 is 4.79 Å². The van der Waals surface area contributed by atoms with Crippen molar-refractivity contribution in [3.05, 3.63) is 46.7 Å². The SMILES string of the molecule is O=C(Nc1nc2ccccc2s1)N1CCC[C@H]1c1cccs1. The van der Waals surface area contributed by atoms with E-state index in [0.29, 0.717) is 5.13 Å². The van der Waals surface area contributed by atoms with E-state index >= 15 is 0 Å². The first kappa shape index (κ1) is 13.7. The first-order valence-corrected chi connectivity index (χ1v) is 8.97. The van der Waals surface area contributed by atoms with Gasteiger partial charge in [-0.05, 0) is 36.4 Å². The van der Waals surface area contributed by atoms with Gasteiger partial charge in [-0.3, -0.25) is 5.32 Å². The minimum Gasteiger partial charge on any atom is -0.317 e. The average molecular weight is 329 g/mol. The quantitative estimate of drug-likeness (QED) is 0.739. The van der Waals surface area contributed by atoms with Gasteiger partial charge in [-0.2, -0.15) is 0 Å². The molecule has 22 heavy (non-hydrogen) atoms. The van der Waals surface area contributed by atoms with Crippen LogP contribution in [0.2, 0.25) is 0 Å². The molecular formula is C16H15N3OS2. The first-order chi connectivity index (χ1) is 10.8. The number of amides is 2. The third kappa shape index (κ3) is 2.48. The standard InChI is InChI=1S/C16H15N3OS2/c20-16(18-15-17-11-5-1-2-7-13(11)22-15)19-9-3-6-12(19)14-8-4-10-21-14/h1-2,4-5,7-8,10,12H,3,6,9H2,(H,17,18,20)/t12-/m0/s1. The lowest BCUT2D eigenvalue weighted by atomic mass is 10.2. The Bertz CT molecular complexity index is 764. The minimum atomic E-state index is -0.0463. The summed E-state index contributed by atoms with van der Waals surface area (Å²) in [6, 6.07) is 12.2. The molecule has 3 heterocycles. The molecule has 0 bridgehead atoms.